The van der Waals surface area contributed by atoms with Crippen molar-refractivity contribution < 1.29 is 9.53 Å². The van der Waals surface area contributed by atoms with Crippen LogP contribution in [0, 0.1) is 6.92 Å². The smallest absolute Gasteiger partial charge is 0.244 e. The van der Waals surface area contributed by atoms with Gasteiger partial charge in [-0.2, -0.15) is 0 Å². The summed E-state index contributed by atoms with van der Waals surface area (Å²) in [6.45, 7) is 4.52. The van der Waals surface area contributed by atoms with E-state index >= 15 is 0 Å². The van der Waals surface area contributed by atoms with E-state index in [0.717, 1.165) is 24.1 Å². The van der Waals surface area contributed by atoms with Crippen LogP contribution in [-0.2, 0) is 11.2 Å². The van der Waals surface area contributed by atoms with Gasteiger partial charge in [-0.1, -0.05) is 24.3 Å². The predicted molar refractivity (Wildman–Crippen MR) is 97.9 cm³/mol. The number of amides is 1. The second kappa shape index (κ2) is 6.95. The van der Waals surface area contributed by atoms with E-state index < -0.39 is 0 Å². The topological polar surface area (TPSA) is 41.6 Å². The van der Waals surface area contributed by atoms with E-state index in [1.165, 1.54) is 11.3 Å². The first-order valence-electron chi connectivity index (χ1n) is 8.37. The number of carbonyl (C=O) groups is 1. The van der Waals surface area contributed by atoms with Gasteiger partial charge in [0.05, 0.1) is 19.3 Å². The van der Waals surface area contributed by atoms with Gasteiger partial charge in [-0.3, -0.25) is 4.79 Å². The lowest BCUT2D eigenvalue weighted by Crippen LogP contribution is -2.42. The molecule has 0 spiro atoms. The monoisotopic (exact) mass is 324 g/mol. The summed E-state index contributed by atoms with van der Waals surface area (Å²) >= 11 is 0. The number of rotatable bonds is 4. The molecule has 126 valence electrons. The maximum atomic E-state index is 12.6. The number of hydrogen-bond acceptors (Lipinski definition) is 3. The third kappa shape index (κ3) is 3.37. The second-order valence-electron chi connectivity index (χ2n) is 6.40. The maximum absolute atomic E-state index is 12.6. The van der Waals surface area contributed by atoms with Crippen LogP contribution in [0.25, 0.3) is 0 Å². The summed E-state index contributed by atoms with van der Waals surface area (Å²) in [5, 5.41) is 3.00. The summed E-state index contributed by atoms with van der Waals surface area (Å²) < 4.78 is 5.34. The molecule has 0 radical (unpaired) electrons. The number of hydrogen-bond donors (Lipinski definition) is 1. The minimum Gasteiger partial charge on any atom is -0.495 e. The van der Waals surface area contributed by atoms with Crippen molar-refractivity contribution in [2.75, 3.05) is 23.9 Å². The van der Waals surface area contributed by atoms with E-state index in [1.807, 2.05) is 31.2 Å². The highest BCUT2D eigenvalue weighted by molar-refractivity contribution is 5.95. The highest BCUT2D eigenvalue weighted by atomic mass is 16.5. The zero-order valence-electron chi connectivity index (χ0n) is 14.5. The fourth-order valence-electron chi connectivity index (χ4n) is 3.27. The number of anilines is 2. The van der Waals surface area contributed by atoms with E-state index in [-0.39, 0.29) is 5.91 Å². The Labute approximate surface area is 143 Å². The molecule has 2 aromatic carbocycles. The number of carbonyl (C=O) groups excluding carboxylic acids is 1. The number of ether oxygens (including phenoxy) is 1. The molecule has 1 amide bonds. The molecule has 0 aromatic heterocycles. The van der Waals surface area contributed by atoms with Gasteiger partial charge >= 0.3 is 0 Å². The largest absolute Gasteiger partial charge is 0.495 e. The SMILES string of the molecule is COc1ccc(C)cc1NC(=O)CN1c2ccccc2CC[C@@H]1C. The Morgan fingerprint density at radius 1 is 1.29 bits per heavy atom. The molecule has 1 atom stereocenters. The first-order valence-corrected chi connectivity index (χ1v) is 8.37. The quantitative estimate of drug-likeness (QED) is 0.930. The van der Waals surface area contributed by atoms with E-state index in [4.69, 9.17) is 4.74 Å². The van der Waals surface area contributed by atoms with Crippen molar-refractivity contribution in [2.45, 2.75) is 32.7 Å². The molecule has 4 nitrogen and oxygen atoms in total. The minimum atomic E-state index is -0.0255. The van der Waals surface area contributed by atoms with E-state index in [0.29, 0.717) is 18.3 Å². The van der Waals surface area contributed by atoms with Crippen LogP contribution >= 0.6 is 0 Å². The van der Waals surface area contributed by atoms with E-state index in [2.05, 4.69) is 35.3 Å². The molecule has 0 fully saturated rings. The van der Waals surface area contributed by atoms with Crippen LogP contribution in [0.15, 0.2) is 42.5 Å². The van der Waals surface area contributed by atoms with E-state index in [1.54, 1.807) is 7.11 Å². The summed E-state index contributed by atoms with van der Waals surface area (Å²) in [6, 6.07) is 14.5. The molecule has 1 aliphatic heterocycles. The molecule has 0 saturated carbocycles. The molecule has 0 saturated heterocycles. The first kappa shape index (κ1) is 16.4. The van der Waals surface area contributed by atoms with Crippen LogP contribution < -0.4 is 15.0 Å². The summed E-state index contributed by atoms with van der Waals surface area (Å²) in [5.74, 6) is 0.656. The molecular weight excluding hydrogens is 300 g/mol. The van der Waals surface area contributed by atoms with Crippen molar-refractivity contribution in [3.05, 3.63) is 53.6 Å². The molecule has 3 rings (SSSR count). The average Bonchev–Trinajstić information content (AvgIpc) is 2.58. The molecule has 0 aliphatic carbocycles. The van der Waals surface area contributed by atoms with Gasteiger partial charge < -0.3 is 15.0 Å². The Balaban J connectivity index is 1.77. The third-order valence-electron chi connectivity index (χ3n) is 4.61. The van der Waals surface area contributed by atoms with Gasteiger partial charge in [0, 0.05) is 11.7 Å². The van der Waals surface area contributed by atoms with Crippen LogP contribution in [0.2, 0.25) is 0 Å². The minimum absolute atomic E-state index is 0.0255. The fourth-order valence-corrected chi connectivity index (χ4v) is 3.27. The molecule has 0 unspecified atom stereocenters. The average molecular weight is 324 g/mol. The summed E-state index contributed by atoms with van der Waals surface area (Å²) in [7, 11) is 1.61. The zero-order chi connectivity index (χ0) is 17.1. The molecule has 4 heteroatoms. The molecule has 1 aliphatic rings. The standard InChI is InChI=1S/C20H24N2O2/c1-14-8-11-19(24-3)17(12-14)21-20(23)13-22-15(2)9-10-16-6-4-5-7-18(16)22/h4-8,11-12,15H,9-10,13H2,1-3H3,(H,21,23)/t15-/m0/s1. The number of fused-ring (bicyclic) bond motifs is 1. The number of nitrogens with zero attached hydrogens (tertiary/aromatic N) is 1. The lowest BCUT2D eigenvalue weighted by molar-refractivity contribution is -0.115. The van der Waals surface area contributed by atoms with Gasteiger partial charge in [0.25, 0.3) is 0 Å². The Hall–Kier alpha value is -2.49. The Morgan fingerprint density at radius 3 is 2.88 bits per heavy atom. The Morgan fingerprint density at radius 2 is 2.08 bits per heavy atom. The molecule has 1 heterocycles. The van der Waals surface area contributed by atoms with Gasteiger partial charge in [0.15, 0.2) is 0 Å². The number of aryl methyl sites for hydroxylation is 2. The number of para-hydroxylation sites is 1. The van der Waals surface area contributed by atoms with E-state index in [9.17, 15) is 4.79 Å². The van der Waals surface area contributed by atoms with Gasteiger partial charge in [-0.15, -0.1) is 0 Å². The second-order valence-corrected chi connectivity index (χ2v) is 6.40. The van der Waals surface area contributed by atoms with Crippen LogP contribution in [0.4, 0.5) is 11.4 Å². The maximum Gasteiger partial charge on any atom is 0.244 e. The molecule has 2 aromatic rings. The van der Waals surface area contributed by atoms with Crippen LogP contribution in [0.5, 0.6) is 5.75 Å². The zero-order valence-corrected chi connectivity index (χ0v) is 14.5. The number of benzene rings is 2. The van der Waals surface area contributed by atoms with Gasteiger partial charge in [0.2, 0.25) is 5.91 Å². The predicted octanol–water partition coefficient (Wildman–Crippen LogP) is 3.78. The van der Waals surface area contributed by atoms with Crippen LogP contribution in [-0.4, -0.2) is 25.6 Å². The van der Waals surface area contributed by atoms with Crippen LogP contribution in [0.1, 0.15) is 24.5 Å². The Bertz CT molecular complexity index is 742. The third-order valence-corrected chi connectivity index (χ3v) is 4.61. The van der Waals surface area contributed by atoms with Crippen molar-refractivity contribution in [1.82, 2.24) is 0 Å². The van der Waals surface area contributed by atoms with Crippen molar-refractivity contribution >= 4 is 17.3 Å². The Kier molecular flexibility index (Phi) is 4.74. The summed E-state index contributed by atoms with van der Waals surface area (Å²) in [5.41, 5.74) is 4.29. The summed E-state index contributed by atoms with van der Waals surface area (Å²) in [6.07, 6.45) is 2.14. The first-order chi connectivity index (χ1) is 11.6. The fraction of sp³-hybridized carbons (Fsp3) is 0.350. The van der Waals surface area contributed by atoms with Crippen LogP contribution in [0.3, 0.4) is 0 Å². The van der Waals surface area contributed by atoms with Crippen molar-refractivity contribution in [3.8, 4) is 5.75 Å². The highest BCUT2D eigenvalue weighted by Crippen LogP contribution is 2.30. The normalized spacial score (nSPS) is 16.5. The molecular formula is C20H24N2O2. The lowest BCUT2D eigenvalue weighted by Gasteiger charge is -2.36. The van der Waals surface area contributed by atoms with Crippen molar-refractivity contribution in [2.24, 2.45) is 0 Å². The molecule has 1 N–H and O–H groups in total. The molecule has 0 bridgehead atoms. The van der Waals surface area contributed by atoms with Crippen molar-refractivity contribution in [1.29, 1.82) is 0 Å². The van der Waals surface area contributed by atoms with Crippen molar-refractivity contribution in [3.63, 3.8) is 0 Å². The van der Waals surface area contributed by atoms with Gasteiger partial charge in [-0.05, 0) is 56.0 Å². The molecule has 24 heavy (non-hydrogen) atoms. The highest BCUT2D eigenvalue weighted by Gasteiger charge is 2.24. The van der Waals surface area contributed by atoms with Gasteiger partial charge in [0.1, 0.15) is 5.75 Å². The summed E-state index contributed by atoms with van der Waals surface area (Å²) in [4.78, 5) is 14.8. The van der Waals surface area contributed by atoms with Gasteiger partial charge in [-0.25, -0.2) is 0 Å². The number of methoxy groups -OCH3 is 1. The lowest BCUT2D eigenvalue weighted by atomic mass is 9.96. The number of nitrogens with one attached hydrogen (secondary N) is 1.